The summed E-state index contributed by atoms with van der Waals surface area (Å²) >= 11 is 7.03. The molecule has 2 aromatic rings. The fourth-order valence-corrected chi connectivity index (χ4v) is 3.69. The van der Waals surface area contributed by atoms with Crippen molar-refractivity contribution in [2.45, 2.75) is 20.4 Å². The van der Waals surface area contributed by atoms with E-state index in [1.54, 1.807) is 50.3 Å². The average molecular weight is 374 g/mol. The minimum Gasteiger partial charge on any atom is -0.507 e. The van der Waals surface area contributed by atoms with Gasteiger partial charge in [-0.25, -0.2) is 0 Å². The molecule has 0 atom stereocenters. The van der Waals surface area contributed by atoms with Gasteiger partial charge in [0.2, 0.25) is 0 Å². The molecule has 128 valence electrons. The van der Waals surface area contributed by atoms with Crippen molar-refractivity contribution in [2.24, 2.45) is 0 Å². The smallest absolute Gasteiger partial charge is 0.293 e. The van der Waals surface area contributed by atoms with E-state index in [-0.39, 0.29) is 23.4 Å². The first-order valence-electron chi connectivity index (χ1n) is 7.66. The van der Waals surface area contributed by atoms with Crippen LogP contribution in [0.15, 0.2) is 41.3 Å². The number of rotatable bonds is 3. The molecule has 0 unspecified atom stereocenters. The van der Waals surface area contributed by atoms with E-state index in [1.165, 1.54) is 4.90 Å². The van der Waals surface area contributed by atoms with E-state index in [0.717, 1.165) is 34.0 Å². The number of imide groups is 1. The van der Waals surface area contributed by atoms with Crippen LogP contribution in [0.2, 0.25) is 5.02 Å². The number of carbonyl (C=O) groups excluding carboxylic acids is 2. The highest BCUT2D eigenvalue weighted by Gasteiger charge is 2.35. The Hall–Kier alpha value is -2.24. The number of phenolic OH excluding ortho intramolecular Hbond substituents is 1. The SMILES string of the molecule is Cc1cc(/C=C2\SC(=O)N(Cc3ccccc3Cl)C2=O)cc(C)c1O. The molecule has 0 aromatic heterocycles. The molecule has 1 heterocycles. The van der Waals surface area contributed by atoms with Crippen molar-refractivity contribution >= 4 is 40.6 Å². The molecule has 1 aliphatic rings. The summed E-state index contributed by atoms with van der Waals surface area (Å²) in [6.07, 6.45) is 1.68. The summed E-state index contributed by atoms with van der Waals surface area (Å²) in [4.78, 5) is 26.4. The van der Waals surface area contributed by atoms with Crippen molar-refractivity contribution < 1.29 is 14.7 Å². The Morgan fingerprint density at radius 2 is 1.80 bits per heavy atom. The second-order valence-corrected chi connectivity index (χ2v) is 7.26. The normalized spacial score (nSPS) is 16.1. The largest absolute Gasteiger partial charge is 0.507 e. The molecule has 0 saturated carbocycles. The number of hydrogen-bond acceptors (Lipinski definition) is 4. The molecule has 0 bridgehead atoms. The quantitative estimate of drug-likeness (QED) is 0.777. The minimum absolute atomic E-state index is 0.148. The van der Waals surface area contributed by atoms with E-state index in [0.29, 0.717) is 9.93 Å². The Balaban J connectivity index is 1.87. The van der Waals surface area contributed by atoms with E-state index < -0.39 is 0 Å². The highest BCUT2D eigenvalue weighted by Crippen LogP contribution is 2.35. The van der Waals surface area contributed by atoms with Crippen molar-refractivity contribution in [1.82, 2.24) is 4.90 Å². The zero-order chi connectivity index (χ0) is 18.1. The summed E-state index contributed by atoms with van der Waals surface area (Å²) in [6.45, 7) is 3.74. The predicted octanol–water partition coefficient (Wildman–Crippen LogP) is 4.90. The first-order valence-corrected chi connectivity index (χ1v) is 8.85. The predicted molar refractivity (Wildman–Crippen MR) is 101 cm³/mol. The number of hydrogen-bond donors (Lipinski definition) is 1. The van der Waals surface area contributed by atoms with E-state index >= 15 is 0 Å². The van der Waals surface area contributed by atoms with Gasteiger partial charge >= 0.3 is 0 Å². The highest BCUT2D eigenvalue weighted by molar-refractivity contribution is 8.18. The Morgan fingerprint density at radius 1 is 1.16 bits per heavy atom. The molecule has 0 radical (unpaired) electrons. The first-order chi connectivity index (χ1) is 11.9. The average Bonchev–Trinajstić information content (AvgIpc) is 2.82. The van der Waals surface area contributed by atoms with Crippen LogP contribution >= 0.6 is 23.4 Å². The monoisotopic (exact) mass is 373 g/mol. The zero-order valence-electron chi connectivity index (χ0n) is 13.7. The summed E-state index contributed by atoms with van der Waals surface area (Å²) in [7, 11) is 0. The number of aromatic hydroxyl groups is 1. The van der Waals surface area contributed by atoms with Crippen molar-refractivity contribution in [2.75, 3.05) is 0 Å². The van der Waals surface area contributed by atoms with Crippen LogP contribution in [0, 0.1) is 13.8 Å². The van der Waals surface area contributed by atoms with Crippen LogP contribution in [-0.2, 0) is 11.3 Å². The number of nitrogens with zero attached hydrogens (tertiary/aromatic N) is 1. The summed E-state index contributed by atoms with van der Waals surface area (Å²) in [5, 5.41) is 10.1. The summed E-state index contributed by atoms with van der Waals surface area (Å²) in [5.41, 5.74) is 2.95. The second kappa shape index (κ2) is 6.94. The Morgan fingerprint density at radius 3 is 2.44 bits per heavy atom. The van der Waals surface area contributed by atoms with Gasteiger partial charge < -0.3 is 5.11 Å². The third-order valence-corrected chi connectivity index (χ3v) is 5.25. The fraction of sp³-hybridized carbons (Fsp3) is 0.158. The molecule has 3 rings (SSSR count). The molecule has 1 saturated heterocycles. The summed E-state index contributed by atoms with van der Waals surface area (Å²) in [6, 6.07) is 10.7. The molecular formula is C19H16ClNO3S. The maximum atomic E-state index is 12.6. The first kappa shape index (κ1) is 17.6. The van der Waals surface area contributed by atoms with Crippen LogP contribution < -0.4 is 0 Å². The van der Waals surface area contributed by atoms with Crippen molar-refractivity contribution in [1.29, 1.82) is 0 Å². The molecule has 2 aromatic carbocycles. The molecule has 1 aliphatic heterocycles. The number of thioether (sulfide) groups is 1. The number of amides is 2. The van der Waals surface area contributed by atoms with Gasteiger partial charge in [-0.15, -0.1) is 0 Å². The Bertz CT molecular complexity index is 884. The maximum Gasteiger partial charge on any atom is 0.293 e. The Kier molecular flexibility index (Phi) is 4.88. The summed E-state index contributed by atoms with van der Waals surface area (Å²) in [5.74, 6) is -0.0951. The van der Waals surface area contributed by atoms with Crippen LogP contribution in [0.5, 0.6) is 5.75 Å². The van der Waals surface area contributed by atoms with E-state index in [2.05, 4.69) is 0 Å². The lowest BCUT2D eigenvalue weighted by atomic mass is 10.1. The van der Waals surface area contributed by atoms with Gasteiger partial charge in [0, 0.05) is 5.02 Å². The zero-order valence-corrected chi connectivity index (χ0v) is 15.3. The van der Waals surface area contributed by atoms with Crippen molar-refractivity contribution in [3.63, 3.8) is 0 Å². The third-order valence-electron chi connectivity index (χ3n) is 3.97. The van der Waals surface area contributed by atoms with Crippen molar-refractivity contribution in [3.8, 4) is 5.75 Å². The third kappa shape index (κ3) is 3.57. The summed E-state index contributed by atoms with van der Waals surface area (Å²) < 4.78 is 0. The van der Waals surface area contributed by atoms with Gasteiger partial charge in [-0.05, 0) is 72.1 Å². The molecule has 1 fully saturated rings. The molecular weight excluding hydrogens is 358 g/mol. The number of carbonyl (C=O) groups is 2. The fourth-order valence-electron chi connectivity index (χ4n) is 2.66. The molecule has 25 heavy (non-hydrogen) atoms. The number of aryl methyl sites for hydroxylation is 2. The van der Waals surface area contributed by atoms with Gasteiger partial charge in [0.15, 0.2) is 0 Å². The lowest BCUT2D eigenvalue weighted by Gasteiger charge is -2.13. The minimum atomic E-state index is -0.335. The number of phenols is 1. The van der Waals surface area contributed by atoms with Crippen LogP contribution in [0.3, 0.4) is 0 Å². The van der Waals surface area contributed by atoms with Crippen LogP contribution in [0.25, 0.3) is 6.08 Å². The number of benzene rings is 2. The van der Waals surface area contributed by atoms with Crippen molar-refractivity contribution in [3.05, 3.63) is 68.6 Å². The lowest BCUT2D eigenvalue weighted by molar-refractivity contribution is -0.123. The van der Waals surface area contributed by atoms with Gasteiger partial charge in [0.05, 0.1) is 11.4 Å². The van der Waals surface area contributed by atoms with E-state index in [4.69, 9.17) is 11.6 Å². The maximum absolute atomic E-state index is 12.6. The van der Waals surface area contributed by atoms with E-state index in [1.807, 2.05) is 6.07 Å². The number of halogens is 1. The van der Waals surface area contributed by atoms with Crippen LogP contribution in [-0.4, -0.2) is 21.2 Å². The van der Waals surface area contributed by atoms with Gasteiger partial charge in [0.25, 0.3) is 11.1 Å². The van der Waals surface area contributed by atoms with E-state index in [9.17, 15) is 14.7 Å². The second-order valence-electron chi connectivity index (χ2n) is 5.86. The molecule has 2 amide bonds. The van der Waals surface area contributed by atoms with Gasteiger partial charge in [-0.1, -0.05) is 29.8 Å². The van der Waals surface area contributed by atoms with Crippen LogP contribution in [0.4, 0.5) is 4.79 Å². The van der Waals surface area contributed by atoms with Crippen LogP contribution in [0.1, 0.15) is 22.3 Å². The van der Waals surface area contributed by atoms with Gasteiger partial charge in [-0.3, -0.25) is 14.5 Å². The topological polar surface area (TPSA) is 57.6 Å². The molecule has 4 nitrogen and oxygen atoms in total. The van der Waals surface area contributed by atoms with Gasteiger partial charge in [-0.2, -0.15) is 0 Å². The standard InChI is InChI=1S/C19H16ClNO3S/c1-11-7-13(8-12(2)17(11)22)9-16-18(23)21(19(24)25-16)10-14-5-3-4-6-15(14)20/h3-9,22H,10H2,1-2H3/b16-9-. The highest BCUT2D eigenvalue weighted by atomic mass is 35.5. The molecule has 0 aliphatic carbocycles. The molecule has 0 spiro atoms. The Labute approximate surface area is 155 Å². The molecule has 1 N–H and O–H groups in total. The molecule has 6 heteroatoms. The lowest BCUT2D eigenvalue weighted by Crippen LogP contribution is -2.27. The van der Waals surface area contributed by atoms with Gasteiger partial charge in [0.1, 0.15) is 5.75 Å².